The molecule has 0 aliphatic carbocycles. The molecule has 0 fully saturated rings. The monoisotopic (exact) mass is 440 g/mol. The van der Waals surface area contributed by atoms with E-state index < -0.39 is 5.91 Å². The van der Waals surface area contributed by atoms with Gasteiger partial charge in [-0.2, -0.15) is 15.0 Å². The third-order valence-corrected chi connectivity index (χ3v) is 5.74. The number of benzene rings is 2. The average Bonchev–Trinajstić information content (AvgIpc) is 3.39. The Morgan fingerprint density at radius 1 is 1.16 bits per heavy atom. The van der Waals surface area contributed by atoms with Gasteiger partial charge in [-0.05, 0) is 43.2 Å². The van der Waals surface area contributed by atoms with E-state index in [1.807, 2.05) is 50.2 Å². The first kappa shape index (κ1) is 19.8. The van der Waals surface area contributed by atoms with Crippen LogP contribution in [0.2, 0.25) is 5.02 Å². The van der Waals surface area contributed by atoms with E-state index in [2.05, 4.69) is 21.5 Å². The number of halogens is 1. The summed E-state index contributed by atoms with van der Waals surface area (Å²) < 4.78 is 1.48. The summed E-state index contributed by atoms with van der Waals surface area (Å²) in [7, 11) is 0. The summed E-state index contributed by atoms with van der Waals surface area (Å²) in [5.41, 5.74) is 4.13. The van der Waals surface area contributed by atoms with E-state index in [9.17, 15) is 10.1 Å². The van der Waals surface area contributed by atoms with Crippen molar-refractivity contribution >= 4 is 45.1 Å². The number of fused-ring (bicyclic) bond motifs is 2. The van der Waals surface area contributed by atoms with E-state index in [1.54, 1.807) is 12.1 Å². The second kappa shape index (κ2) is 7.52. The number of carbonyl (C=O) groups is 1. The van der Waals surface area contributed by atoms with Gasteiger partial charge >= 0.3 is 0 Å². The number of nitrogens with zero attached hydrogens (tertiary/aromatic N) is 4. The highest BCUT2D eigenvalue weighted by Gasteiger charge is 2.19. The lowest BCUT2D eigenvalue weighted by Gasteiger charge is -2.12. The fourth-order valence-electron chi connectivity index (χ4n) is 3.79. The zero-order chi connectivity index (χ0) is 22.4. The van der Waals surface area contributed by atoms with Crippen molar-refractivity contribution in [2.75, 3.05) is 5.32 Å². The molecule has 32 heavy (non-hydrogen) atoms. The fourth-order valence-corrected chi connectivity index (χ4v) is 4.02. The van der Waals surface area contributed by atoms with E-state index in [0.717, 1.165) is 27.4 Å². The number of para-hydroxylation sites is 2. The van der Waals surface area contributed by atoms with Gasteiger partial charge in [0.2, 0.25) is 0 Å². The molecule has 2 aromatic carbocycles. The Balaban J connectivity index is 1.59. The number of H-pyrrole nitrogens is 1. The van der Waals surface area contributed by atoms with E-state index >= 15 is 0 Å². The van der Waals surface area contributed by atoms with Crippen LogP contribution in [-0.4, -0.2) is 25.7 Å². The van der Waals surface area contributed by atoms with Crippen LogP contribution in [0.4, 0.5) is 5.82 Å². The van der Waals surface area contributed by atoms with Gasteiger partial charge in [0, 0.05) is 10.8 Å². The normalized spacial score (nSPS) is 11.1. The number of nitrogens with one attached hydrogen (secondary N) is 2. The van der Waals surface area contributed by atoms with E-state index in [0.29, 0.717) is 22.1 Å². The number of carbonyl (C=O) groups excluding carboxylic acids is 1. The number of anilines is 1. The maximum Gasteiger partial charge on any atom is 0.273 e. The van der Waals surface area contributed by atoms with Crippen LogP contribution in [0, 0.1) is 25.2 Å². The predicted octanol–water partition coefficient (Wildman–Crippen LogP) is 5.30. The average molecular weight is 441 g/mol. The quantitative estimate of drug-likeness (QED) is 0.397. The molecule has 0 aliphatic heterocycles. The van der Waals surface area contributed by atoms with E-state index in [-0.39, 0.29) is 11.4 Å². The van der Waals surface area contributed by atoms with Crippen molar-refractivity contribution in [1.29, 1.82) is 5.26 Å². The highest BCUT2D eigenvalue weighted by molar-refractivity contribution is 6.35. The molecule has 0 saturated heterocycles. The minimum atomic E-state index is -0.413. The molecule has 1 amide bonds. The summed E-state index contributed by atoms with van der Waals surface area (Å²) in [6.45, 7) is 3.99. The van der Waals surface area contributed by atoms with Crippen LogP contribution >= 0.6 is 11.6 Å². The molecular formula is C24H17ClN6O. The number of amides is 1. The lowest BCUT2D eigenvalue weighted by molar-refractivity contribution is 0.102. The zero-order valence-electron chi connectivity index (χ0n) is 17.3. The highest BCUT2D eigenvalue weighted by atomic mass is 35.5. The van der Waals surface area contributed by atoms with Gasteiger partial charge in [-0.1, -0.05) is 41.9 Å². The van der Waals surface area contributed by atoms with Crippen LogP contribution < -0.4 is 5.32 Å². The topological polar surface area (TPSA) is 99.4 Å². The zero-order valence-corrected chi connectivity index (χ0v) is 18.0. The van der Waals surface area contributed by atoms with Gasteiger partial charge in [-0.3, -0.25) is 4.79 Å². The molecular weight excluding hydrogens is 424 g/mol. The molecule has 3 heterocycles. The summed E-state index contributed by atoms with van der Waals surface area (Å²) in [6, 6.07) is 17.1. The van der Waals surface area contributed by atoms with Gasteiger partial charge in [0.15, 0.2) is 11.6 Å². The first-order valence-corrected chi connectivity index (χ1v) is 10.3. The lowest BCUT2D eigenvalue weighted by Crippen LogP contribution is -2.17. The standard InChI is InChI=1S/C24H17ClN6O/c1-13-5-3-7-17-14(2)9-20(29-21(13)17)31-23(16(11-26)12-27-31)30-24(32)19-10-15-6-4-8-18(25)22(15)28-19/h3-10,12,28H,1-2H3,(H,30,32). The Bertz CT molecular complexity index is 1570. The maximum atomic E-state index is 13.0. The Hall–Kier alpha value is -4.15. The molecule has 0 radical (unpaired) electrons. The number of nitriles is 1. The Labute approximate surface area is 188 Å². The van der Waals surface area contributed by atoms with Crippen LogP contribution in [-0.2, 0) is 0 Å². The number of hydrogen-bond donors (Lipinski definition) is 2. The van der Waals surface area contributed by atoms with Crippen molar-refractivity contribution in [2.45, 2.75) is 13.8 Å². The number of aromatic amines is 1. The summed E-state index contributed by atoms with van der Waals surface area (Å²) in [5.74, 6) is 0.354. The minimum Gasteiger partial charge on any atom is -0.349 e. The molecule has 0 aliphatic rings. The SMILES string of the molecule is Cc1cc(-n2ncc(C#N)c2NC(=O)c2cc3cccc(Cl)c3[nH]2)nc2c(C)cccc12. The molecule has 5 aromatic rings. The second-order valence-corrected chi connectivity index (χ2v) is 7.95. The second-order valence-electron chi connectivity index (χ2n) is 7.54. The summed E-state index contributed by atoms with van der Waals surface area (Å²) in [5, 5.41) is 19.1. The molecule has 3 aromatic heterocycles. The summed E-state index contributed by atoms with van der Waals surface area (Å²) in [6.07, 6.45) is 1.41. The molecule has 0 bridgehead atoms. The Morgan fingerprint density at radius 2 is 1.97 bits per heavy atom. The molecule has 0 saturated carbocycles. The third kappa shape index (κ3) is 3.18. The Kier molecular flexibility index (Phi) is 4.65. The van der Waals surface area contributed by atoms with Crippen LogP contribution in [0.3, 0.4) is 0 Å². The Morgan fingerprint density at radius 3 is 2.75 bits per heavy atom. The summed E-state index contributed by atoms with van der Waals surface area (Å²) in [4.78, 5) is 20.8. The van der Waals surface area contributed by atoms with Gasteiger partial charge in [-0.15, -0.1) is 0 Å². The predicted molar refractivity (Wildman–Crippen MR) is 124 cm³/mol. The largest absolute Gasteiger partial charge is 0.349 e. The first-order valence-electron chi connectivity index (χ1n) is 9.90. The van der Waals surface area contributed by atoms with Crippen LogP contribution in [0.1, 0.15) is 27.2 Å². The van der Waals surface area contributed by atoms with Crippen molar-refractivity contribution in [3.8, 4) is 11.9 Å². The lowest BCUT2D eigenvalue weighted by atomic mass is 10.1. The molecule has 2 N–H and O–H groups in total. The van der Waals surface area contributed by atoms with Crippen molar-refractivity contribution < 1.29 is 4.79 Å². The van der Waals surface area contributed by atoms with Crippen LogP contribution in [0.25, 0.3) is 27.6 Å². The number of rotatable bonds is 3. The third-order valence-electron chi connectivity index (χ3n) is 5.42. The van der Waals surface area contributed by atoms with Crippen LogP contribution in [0.15, 0.2) is 54.7 Å². The van der Waals surface area contributed by atoms with Gasteiger partial charge < -0.3 is 10.3 Å². The molecule has 0 atom stereocenters. The van der Waals surface area contributed by atoms with Gasteiger partial charge in [-0.25, -0.2) is 4.98 Å². The van der Waals surface area contributed by atoms with E-state index in [1.165, 1.54) is 10.9 Å². The maximum absolute atomic E-state index is 13.0. The molecule has 8 heteroatoms. The smallest absolute Gasteiger partial charge is 0.273 e. The van der Waals surface area contributed by atoms with Crippen molar-refractivity contribution in [3.05, 3.63) is 82.1 Å². The first-order chi connectivity index (χ1) is 15.5. The van der Waals surface area contributed by atoms with E-state index in [4.69, 9.17) is 16.6 Å². The van der Waals surface area contributed by atoms with Crippen LogP contribution in [0.5, 0.6) is 0 Å². The van der Waals surface area contributed by atoms with Gasteiger partial charge in [0.25, 0.3) is 5.91 Å². The van der Waals surface area contributed by atoms with Crippen molar-refractivity contribution in [2.24, 2.45) is 0 Å². The highest BCUT2D eigenvalue weighted by Crippen LogP contribution is 2.27. The number of aryl methyl sites for hydroxylation is 2. The molecule has 0 spiro atoms. The van der Waals surface area contributed by atoms with Gasteiger partial charge in [0.05, 0.1) is 22.3 Å². The van der Waals surface area contributed by atoms with Crippen molar-refractivity contribution in [1.82, 2.24) is 19.7 Å². The number of aromatic nitrogens is 4. The van der Waals surface area contributed by atoms with Gasteiger partial charge in [0.1, 0.15) is 17.3 Å². The fraction of sp³-hybridized carbons (Fsp3) is 0.0833. The van der Waals surface area contributed by atoms with Crippen molar-refractivity contribution in [3.63, 3.8) is 0 Å². The summed E-state index contributed by atoms with van der Waals surface area (Å²) >= 11 is 6.22. The molecule has 5 rings (SSSR count). The molecule has 7 nitrogen and oxygen atoms in total. The molecule has 0 unspecified atom stereocenters. The molecule has 156 valence electrons. The number of pyridine rings is 1. The minimum absolute atomic E-state index is 0.233. The number of hydrogen-bond acceptors (Lipinski definition) is 4.